The molecule has 0 heterocycles. The molecule has 0 atom stereocenters. The van der Waals surface area contributed by atoms with Crippen molar-refractivity contribution >= 4 is 0 Å². The third-order valence-electron chi connectivity index (χ3n) is 4.83. The van der Waals surface area contributed by atoms with Crippen molar-refractivity contribution in [3.05, 3.63) is 71.8 Å². The van der Waals surface area contributed by atoms with Gasteiger partial charge in [-0.1, -0.05) is 41.5 Å². The van der Waals surface area contributed by atoms with E-state index in [2.05, 4.69) is 41.5 Å². The summed E-state index contributed by atoms with van der Waals surface area (Å²) in [5.41, 5.74) is 1.65. The second kappa shape index (κ2) is 7.94. The van der Waals surface area contributed by atoms with Crippen LogP contribution in [0.25, 0.3) is 0 Å². The summed E-state index contributed by atoms with van der Waals surface area (Å²) in [5.74, 6) is 3.24. The molecule has 3 aromatic rings. The molecule has 0 aliphatic heterocycles. The third-order valence-corrected chi connectivity index (χ3v) is 4.83. The monoisotopic (exact) mass is 406 g/mol. The Morgan fingerprint density at radius 3 is 1.10 bits per heavy atom. The normalized spacial score (nSPS) is 11.9. The van der Waals surface area contributed by atoms with E-state index in [9.17, 15) is 10.2 Å². The van der Waals surface area contributed by atoms with Crippen LogP contribution in [0.1, 0.15) is 52.7 Å². The lowest BCUT2D eigenvalue weighted by molar-refractivity contribution is 0.427. The number of phenols is 2. The maximum absolute atomic E-state index is 9.56. The molecule has 0 aromatic heterocycles. The van der Waals surface area contributed by atoms with Gasteiger partial charge in [0, 0.05) is 11.1 Å². The lowest BCUT2D eigenvalue weighted by Crippen LogP contribution is -2.17. The van der Waals surface area contributed by atoms with Crippen molar-refractivity contribution < 1.29 is 19.7 Å². The average Bonchev–Trinajstić information content (AvgIpc) is 2.64. The quantitative estimate of drug-likeness (QED) is 0.478. The Morgan fingerprint density at radius 1 is 0.533 bits per heavy atom. The summed E-state index contributed by atoms with van der Waals surface area (Å²) in [5, 5.41) is 19.1. The van der Waals surface area contributed by atoms with Crippen molar-refractivity contribution in [1.82, 2.24) is 0 Å². The van der Waals surface area contributed by atoms with Crippen LogP contribution in [-0.4, -0.2) is 10.2 Å². The fourth-order valence-electron chi connectivity index (χ4n) is 3.18. The van der Waals surface area contributed by atoms with Crippen molar-refractivity contribution in [1.29, 1.82) is 0 Å². The van der Waals surface area contributed by atoms with E-state index in [1.54, 1.807) is 48.5 Å². The van der Waals surface area contributed by atoms with Crippen LogP contribution in [0.3, 0.4) is 0 Å². The Labute approximate surface area is 178 Å². The first kappa shape index (κ1) is 21.6. The largest absolute Gasteiger partial charge is 0.508 e. The van der Waals surface area contributed by atoms with Gasteiger partial charge in [-0.25, -0.2) is 0 Å². The number of hydrogen-bond donors (Lipinski definition) is 2. The number of phenolic OH excluding ortho intramolecular Hbond substituents is 2. The molecule has 0 aliphatic rings. The first-order chi connectivity index (χ1) is 13.9. The highest BCUT2D eigenvalue weighted by atomic mass is 16.5. The van der Waals surface area contributed by atoms with Gasteiger partial charge in [-0.2, -0.15) is 0 Å². The summed E-state index contributed by atoms with van der Waals surface area (Å²) in [4.78, 5) is 0. The molecule has 3 rings (SSSR count). The number of hydrogen-bond acceptors (Lipinski definition) is 4. The number of rotatable bonds is 4. The highest BCUT2D eigenvalue weighted by Gasteiger charge is 2.27. The Balaban J connectivity index is 2.12. The lowest BCUT2D eigenvalue weighted by atomic mass is 9.81. The molecule has 0 amide bonds. The zero-order chi connectivity index (χ0) is 22.1. The fraction of sp³-hybridized carbons (Fsp3) is 0.308. The standard InChI is InChI=1S/C26H30O4/c1-25(2,3)21-15-24(30-20-13-9-18(28)10-14-20)22(26(4,5)6)16-23(21)29-19-11-7-17(27)8-12-19/h7-16,27-28H,1-6H3. The topological polar surface area (TPSA) is 58.9 Å². The van der Waals surface area contributed by atoms with Crippen LogP contribution in [0, 0.1) is 0 Å². The van der Waals surface area contributed by atoms with E-state index >= 15 is 0 Å². The molecule has 0 fully saturated rings. The SMILES string of the molecule is CC(C)(C)c1cc(Oc2ccc(O)cc2)c(C(C)(C)C)cc1Oc1ccc(O)cc1. The van der Waals surface area contributed by atoms with Crippen LogP contribution in [0.5, 0.6) is 34.5 Å². The Morgan fingerprint density at radius 2 is 0.833 bits per heavy atom. The molecule has 4 heteroatoms. The molecule has 3 aromatic carbocycles. The molecule has 0 aliphatic carbocycles. The van der Waals surface area contributed by atoms with Crippen molar-refractivity contribution in [3.63, 3.8) is 0 Å². The molecular formula is C26H30O4. The second-order valence-electron chi connectivity index (χ2n) is 9.54. The van der Waals surface area contributed by atoms with Crippen LogP contribution >= 0.6 is 0 Å². The van der Waals surface area contributed by atoms with Gasteiger partial charge in [0.25, 0.3) is 0 Å². The van der Waals surface area contributed by atoms with Crippen LogP contribution in [-0.2, 0) is 10.8 Å². The molecule has 4 nitrogen and oxygen atoms in total. The highest BCUT2D eigenvalue weighted by Crippen LogP contribution is 2.44. The first-order valence-corrected chi connectivity index (χ1v) is 10.1. The maximum Gasteiger partial charge on any atom is 0.131 e. The molecule has 30 heavy (non-hydrogen) atoms. The molecule has 0 radical (unpaired) electrons. The average molecular weight is 407 g/mol. The summed E-state index contributed by atoms with van der Waals surface area (Å²) >= 11 is 0. The summed E-state index contributed by atoms with van der Waals surface area (Å²) in [6.45, 7) is 12.8. The van der Waals surface area contributed by atoms with Crippen LogP contribution < -0.4 is 9.47 Å². The number of aromatic hydroxyl groups is 2. The maximum atomic E-state index is 9.56. The lowest BCUT2D eigenvalue weighted by Gasteiger charge is -2.29. The van der Waals surface area contributed by atoms with Gasteiger partial charge in [-0.05, 0) is 71.5 Å². The van der Waals surface area contributed by atoms with Gasteiger partial charge in [-0.15, -0.1) is 0 Å². The number of benzene rings is 3. The predicted octanol–water partition coefficient (Wildman–Crippen LogP) is 7.28. The van der Waals surface area contributed by atoms with Gasteiger partial charge < -0.3 is 19.7 Å². The zero-order valence-electron chi connectivity index (χ0n) is 18.5. The van der Waals surface area contributed by atoms with Crippen LogP contribution in [0.15, 0.2) is 60.7 Å². The van der Waals surface area contributed by atoms with E-state index in [4.69, 9.17) is 9.47 Å². The molecule has 2 N–H and O–H groups in total. The molecule has 0 bridgehead atoms. The molecule has 0 saturated heterocycles. The van der Waals surface area contributed by atoms with Crippen molar-refractivity contribution in [2.45, 2.75) is 52.4 Å². The smallest absolute Gasteiger partial charge is 0.131 e. The highest BCUT2D eigenvalue weighted by molar-refractivity contribution is 5.54. The summed E-state index contributed by atoms with van der Waals surface area (Å²) in [6.07, 6.45) is 0. The molecular weight excluding hydrogens is 376 g/mol. The second-order valence-corrected chi connectivity index (χ2v) is 9.54. The predicted molar refractivity (Wildman–Crippen MR) is 120 cm³/mol. The molecule has 158 valence electrons. The minimum atomic E-state index is -0.185. The Kier molecular flexibility index (Phi) is 5.71. The summed E-state index contributed by atoms with van der Waals surface area (Å²) < 4.78 is 12.5. The molecule has 0 unspecified atom stereocenters. The van der Waals surface area contributed by atoms with E-state index in [1.165, 1.54) is 0 Å². The summed E-state index contributed by atoms with van der Waals surface area (Å²) in [6, 6.07) is 17.5. The van der Waals surface area contributed by atoms with E-state index in [0.717, 1.165) is 22.6 Å². The first-order valence-electron chi connectivity index (χ1n) is 10.1. The van der Waals surface area contributed by atoms with Gasteiger partial charge in [0.2, 0.25) is 0 Å². The molecule has 0 saturated carbocycles. The van der Waals surface area contributed by atoms with E-state index in [0.29, 0.717) is 11.5 Å². The minimum absolute atomic E-state index is 0.185. The van der Waals surface area contributed by atoms with Gasteiger partial charge in [-0.3, -0.25) is 0 Å². The van der Waals surface area contributed by atoms with Crippen molar-refractivity contribution in [2.24, 2.45) is 0 Å². The van der Waals surface area contributed by atoms with E-state index < -0.39 is 0 Å². The van der Waals surface area contributed by atoms with E-state index in [-0.39, 0.29) is 22.3 Å². The van der Waals surface area contributed by atoms with Crippen molar-refractivity contribution in [2.75, 3.05) is 0 Å². The fourth-order valence-corrected chi connectivity index (χ4v) is 3.18. The van der Waals surface area contributed by atoms with Gasteiger partial charge in [0.15, 0.2) is 0 Å². The molecule has 0 spiro atoms. The zero-order valence-corrected chi connectivity index (χ0v) is 18.5. The minimum Gasteiger partial charge on any atom is -0.508 e. The van der Waals surface area contributed by atoms with Crippen LogP contribution in [0.2, 0.25) is 0 Å². The van der Waals surface area contributed by atoms with E-state index in [1.807, 2.05) is 12.1 Å². The Hall–Kier alpha value is -3.14. The van der Waals surface area contributed by atoms with Crippen LogP contribution in [0.4, 0.5) is 0 Å². The number of ether oxygens (including phenoxy) is 2. The van der Waals surface area contributed by atoms with Gasteiger partial charge in [0.1, 0.15) is 34.5 Å². The van der Waals surface area contributed by atoms with Crippen molar-refractivity contribution in [3.8, 4) is 34.5 Å². The Bertz CT molecular complexity index is 920. The van der Waals surface area contributed by atoms with Gasteiger partial charge in [0.05, 0.1) is 0 Å². The third kappa shape index (κ3) is 5.07. The summed E-state index contributed by atoms with van der Waals surface area (Å²) in [7, 11) is 0. The van der Waals surface area contributed by atoms with Gasteiger partial charge >= 0.3 is 0 Å².